The van der Waals surface area contributed by atoms with Gasteiger partial charge in [-0.15, -0.1) is 11.3 Å². The molecule has 1 rings (SSSR count). The fourth-order valence-electron chi connectivity index (χ4n) is 1.45. The first-order chi connectivity index (χ1) is 9.49. The van der Waals surface area contributed by atoms with Crippen molar-refractivity contribution >= 4 is 29.2 Å². The van der Waals surface area contributed by atoms with Crippen molar-refractivity contribution in [3.05, 3.63) is 16.1 Å². The molecule has 0 aliphatic heterocycles. The van der Waals surface area contributed by atoms with E-state index in [-0.39, 0.29) is 12.8 Å². The van der Waals surface area contributed by atoms with E-state index in [9.17, 15) is 14.4 Å². The number of thiazole rings is 1. The molecular weight excluding hydrogens is 282 g/mol. The molecule has 7 nitrogen and oxygen atoms in total. The molecule has 0 aromatic carbocycles. The van der Waals surface area contributed by atoms with Crippen molar-refractivity contribution < 1.29 is 19.5 Å². The van der Waals surface area contributed by atoms with E-state index in [0.717, 1.165) is 10.6 Å². The number of amides is 3. The van der Waals surface area contributed by atoms with Crippen LogP contribution < -0.4 is 10.6 Å². The van der Waals surface area contributed by atoms with Crippen LogP contribution >= 0.6 is 11.3 Å². The summed E-state index contributed by atoms with van der Waals surface area (Å²) < 4.78 is 0. The van der Waals surface area contributed by atoms with E-state index >= 15 is 0 Å². The van der Waals surface area contributed by atoms with Crippen LogP contribution in [0, 0.1) is 6.92 Å². The van der Waals surface area contributed by atoms with Crippen LogP contribution in [-0.4, -0.2) is 28.0 Å². The third-order valence-corrected chi connectivity index (χ3v) is 3.49. The maximum atomic E-state index is 11.4. The Labute approximate surface area is 120 Å². The van der Waals surface area contributed by atoms with Gasteiger partial charge in [-0.05, 0) is 19.8 Å². The molecular formula is C12H17N3O4S. The number of nitrogens with zero attached hydrogens (tertiary/aromatic N) is 1. The molecule has 0 spiro atoms. The molecule has 0 saturated carbocycles. The summed E-state index contributed by atoms with van der Waals surface area (Å²) in [5, 5.41) is 13.2. The van der Waals surface area contributed by atoms with Crippen molar-refractivity contribution in [2.45, 2.75) is 39.2 Å². The average molecular weight is 299 g/mol. The highest BCUT2D eigenvalue weighted by molar-refractivity contribution is 7.09. The van der Waals surface area contributed by atoms with Gasteiger partial charge in [-0.2, -0.15) is 0 Å². The number of rotatable bonds is 7. The second-order valence-corrected chi connectivity index (χ2v) is 5.13. The summed E-state index contributed by atoms with van der Waals surface area (Å²) in [7, 11) is 0. The van der Waals surface area contributed by atoms with Gasteiger partial charge < -0.3 is 10.4 Å². The van der Waals surface area contributed by atoms with Crippen molar-refractivity contribution in [3.63, 3.8) is 0 Å². The maximum Gasteiger partial charge on any atom is 0.321 e. The number of carbonyl (C=O) groups is 3. The second-order valence-electron chi connectivity index (χ2n) is 4.19. The standard InChI is InChI=1S/C12H17N3O4S/c1-8-9(20-7-14-8)6-13-12(19)15-10(16)4-2-3-5-11(17)18/h7H,2-6H2,1H3,(H,17,18)(H2,13,15,16,19). The predicted octanol–water partition coefficient (Wildman–Crippen LogP) is 1.42. The van der Waals surface area contributed by atoms with Gasteiger partial charge in [0.05, 0.1) is 17.7 Å². The van der Waals surface area contributed by atoms with Crippen LogP contribution in [0.2, 0.25) is 0 Å². The summed E-state index contributed by atoms with van der Waals surface area (Å²) >= 11 is 1.44. The van der Waals surface area contributed by atoms with Gasteiger partial charge in [-0.3, -0.25) is 14.9 Å². The van der Waals surface area contributed by atoms with Gasteiger partial charge in [0, 0.05) is 17.7 Å². The molecule has 0 fully saturated rings. The zero-order valence-electron chi connectivity index (χ0n) is 11.1. The number of hydrogen-bond donors (Lipinski definition) is 3. The van der Waals surface area contributed by atoms with Crippen LogP contribution in [0.3, 0.4) is 0 Å². The molecule has 0 aliphatic carbocycles. The number of hydrogen-bond acceptors (Lipinski definition) is 5. The lowest BCUT2D eigenvalue weighted by atomic mass is 10.2. The molecule has 1 aromatic heterocycles. The van der Waals surface area contributed by atoms with Crippen molar-refractivity contribution in [2.75, 3.05) is 0 Å². The number of aliphatic carboxylic acids is 1. The average Bonchev–Trinajstić information content (AvgIpc) is 2.77. The fourth-order valence-corrected chi connectivity index (χ4v) is 2.17. The van der Waals surface area contributed by atoms with Crippen molar-refractivity contribution in [1.29, 1.82) is 0 Å². The number of imide groups is 1. The summed E-state index contributed by atoms with van der Waals surface area (Å²) in [6.45, 7) is 2.17. The molecule has 0 bridgehead atoms. The van der Waals surface area contributed by atoms with E-state index < -0.39 is 17.9 Å². The van der Waals surface area contributed by atoms with Gasteiger partial charge in [-0.1, -0.05) is 0 Å². The van der Waals surface area contributed by atoms with Crippen LogP contribution in [0.1, 0.15) is 36.3 Å². The van der Waals surface area contributed by atoms with Gasteiger partial charge in [0.25, 0.3) is 0 Å². The number of carboxylic acid groups (broad SMARTS) is 1. The van der Waals surface area contributed by atoms with Crippen LogP contribution in [0.15, 0.2) is 5.51 Å². The van der Waals surface area contributed by atoms with E-state index in [0.29, 0.717) is 19.4 Å². The number of unbranched alkanes of at least 4 members (excludes halogenated alkanes) is 1. The maximum absolute atomic E-state index is 11.4. The summed E-state index contributed by atoms with van der Waals surface area (Å²) in [5.74, 6) is -1.29. The summed E-state index contributed by atoms with van der Waals surface area (Å²) in [6, 6.07) is -0.555. The zero-order chi connectivity index (χ0) is 15.0. The minimum atomic E-state index is -0.886. The quantitative estimate of drug-likeness (QED) is 0.660. The Kier molecular flexibility index (Phi) is 6.65. The molecule has 1 heterocycles. The van der Waals surface area contributed by atoms with Gasteiger partial charge in [0.2, 0.25) is 5.91 Å². The number of aryl methyl sites for hydroxylation is 1. The normalized spacial score (nSPS) is 10.1. The lowest BCUT2D eigenvalue weighted by Crippen LogP contribution is -2.38. The number of carboxylic acids is 1. The summed E-state index contributed by atoms with van der Waals surface area (Å²) in [5.41, 5.74) is 2.55. The van der Waals surface area contributed by atoms with Crippen LogP contribution in [0.25, 0.3) is 0 Å². The molecule has 3 amide bonds. The highest BCUT2D eigenvalue weighted by Crippen LogP contribution is 2.10. The minimum Gasteiger partial charge on any atom is -0.481 e. The Morgan fingerprint density at radius 3 is 2.60 bits per heavy atom. The van der Waals surface area contributed by atoms with Crippen LogP contribution in [-0.2, 0) is 16.1 Å². The highest BCUT2D eigenvalue weighted by Gasteiger charge is 2.09. The molecule has 0 unspecified atom stereocenters. The SMILES string of the molecule is Cc1ncsc1CNC(=O)NC(=O)CCCCC(=O)O. The molecule has 20 heavy (non-hydrogen) atoms. The number of urea groups is 1. The first-order valence-corrected chi connectivity index (χ1v) is 7.05. The van der Waals surface area contributed by atoms with E-state index in [2.05, 4.69) is 15.6 Å². The second kappa shape index (κ2) is 8.26. The van der Waals surface area contributed by atoms with E-state index in [1.54, 1.807) is 5.51 Å². The number of carbonyl (C=O) groups excluding carboxylic acids is 2. The van der Waals surface area contributed by atoms with Gasteiger partial charge >= 0.3 is 12.0 Å². The molecule has 110 valence electrons. The molecule has 0 aliphatic rings. The summed E-state index contributed by atoms with van der Waals surface area (Å²) in [6.07, 6.45) is 1.04. The van der Waals surface area contributed by atoms with E-state index in [1.807, 2.05) is 6.92 Å². The Bertz CT molecular complexity index is 487. The Morgan fingerprint density at radius 2 is 2.00 bits per heavy atom. The highest BCUT2D eigenvalue weighted by atomic mass is 32.1. The van der Waals surface area contributed by atoms with Gasteiger partial charge in [0.1, 0.15) is 0 Å². The molecule has 0 atom stereocenters. The Hall–Kier alpha value is -1.96. The molecule has 0 radical (unpaired) electrons. The first-order valence-electron chi connectivity index (χ1n) is 6.17. The monoisotopic (exact) mass is 299 g/mol. The first kappa shape index (κ1) is 16.1. The predicted molar refractivity (Wildman–Crippen MR) is 73.3 cm³/mol. The van der Waals surface area contributed by atoms with E-state index in [4.69, 9.17) is 5.11 Å². The van der Waals surface area contributed by atoms with E-state index in [1.165, 1.54) is 11.3 Å². The number of aromatic nitrogens is 1. The Balaban J connectivity index is 2.16. The zero-order valence-corrected chi connectivity index (χ0v) is 12.0. The topological polar surface area (TPSA) is 108 Å². The van der Waals surface area contributed by atoms with Crippen molar-refractivity contribution in [3.8, 4) is 0 Å². The van der Waals surface area contributed by atoms with Gasteiger partial charge in [-0.25, -0.2) is 9.78 Å². The molecule has 0 saturated heterocycles. The smallest absolute Gasteiger partial charge is 0.321 e. The largest absolute Gasteiger partial charge is 0.481 e. The third kappa shape index (κ3) is 6.28. The lowest BCUT2D eigenvalue weighted by Gasteiger charge is -2.05. The van der Waals surface area contributed by atoms with Crippen molar-refractivity contribution in [1.82, 2.24) is 15.6 Å². The summed E-state index contributed by atoms with van der Waals surface area (Å²) in [4.78, 5) is 38.1. The van der Waals surface area contributed by atoms with Crippen LogP contribution in [0.5, 0.6) is 0 Å². The molecule has 3 N–H and O–H groups in total. The minimum absolute atomic E-state index is 0.0319. The van der Waals surface area contributed by atoms with Crippen molar-refractivity contribution in [2.24, 2.45) is 0 Å². The lowest BCUT2D eigenvalue weighted by molar-refractivity contribution is -0.137. The number of nitrogens with one attached hydrogen (secondary N) is 2. The van der Waals surface area contributed by atoms with Crippen LogP contribution in [0.4, 0.5) is 4.79 Å². The molecule has 8 heteroatoms. The fraction of sp³-hybridized carbons (Fsp3) is 0.500. The third-order valence-electron chi connectivity index (χ3n) is 2.55. The van der Waals surface area contributed by atoms with Gasteiger partial charge in [0.15, 0.2) is 0 Å². The molecule has 1 aromatic rings. The Morgan fingerprint density at radius 1 is 1.30 bits per heavy atom.